The van der Waals surface area contributed by atoms with Crippen LogP contribution in [0.4, 0.5) is 0 Å². The molecule has 172 valence electrons. The summed E-state index contributed by atoms with van der Waals surface area (Å²) >= 11 is 1.28. The van der Waals surface area contributed by atoms with Gasteiger partial charge in [0.1, 0.15) is 11.5 Å². The van der Waals surface area contributed by atoms with Gasteiger partial charge >= 0.3 is 0 Å². The number of ether oxygens (including phenoxy) is 1. The van der Waals surface area contributed by atoms with Gasteiger partial charge in [0.2, 0.25) is 0 Å². The van der Waals surface area contributed by atoms with Gasteiger partial charge in [-0.05, 0) is 67.1 Å². The van der Waals surface area contributed by atoms with Crippen LogP contribution in [0.2, 0.25) is 0 Å². The lowest BCUT2D eigenvalue weighted by Crippen LogP contribution is -2.20. The van der Waals surface area contributed by atoms with Gasteiger partial charge in [-0.25, -0.2) is 5.43 Å². The van der Waals surface area contributed by atoms with Crippen molar-refractivity contribution in [1.29, 1.82) is 0 Å². The number of thioether (sulfide) groups is 1. The second-order valence-electron chi connectivity index (χ2n) is 7.19. The molecule has 0 unspecified atom stereocenters. The zero-order chi connectivity index (χ0) is 23.8. The van der Waals surface area contributed by atoms with Gasteiger partial charge in [-0.2, -0.15) is 5.10 Å². The Balaban J connectivity index is 1.46. The highest BCUT2D eigenvalue weighted by Crippen LogP contribution is 2.28. The summed E-state index contributed by atoms with van der Waals surface area (Å²) in [6.07, 6.45) is 5.00. The first-order valence-electron chi connectivity index (χ1n) is 10.5. The average Bonchev–Trinajstić information content (AvgIpc) is 3.53. The fraction of sp³-hybridized carbons (Fsp3) is 0.120. The van der Waals surface area contributed by atoms with Gasteiger partial charge in [-0.15, -0.1) is 10.2 Å². The number of benzene rings is 2. The number of carbonyl (C=O) groups excluding carboxylic acids is 1. The lowest BCUT2D eigenvalue weighted by molar-refractivity contribution is -0.118. The predicted molar refractivity (Wildman–Crippen MR) is 133 cm³/mol. The van der Waals surface area contributed by atoms with Crippen LogP contribution < -0.4 is 10.2 Å². The maximum atomic E-state index is 12.4. The minimum absolute atomic E-state index is 0.131. The molecule has 1 amide bonds. The van der Waals surface area contributed by atoms with Gasteiger partial charge in [0.05, 0.1) is 25.3 Å². The summed E-state index contributed by atoms with van der Waals surface area (Å²) in [6, 6.07) is 21.0. The minimum Gasteiger partial charge on any atom is -0.497 e. The van der Waals surface area contributed by atoms with E-state index in [-0.39, 0.29) is 11.7 Å². The Morgan fingerprint density at radius 3 is 2.62 bits per heavy atom. The molecule has 2 heterocycles. The molecule has 34 heavy (non-hydrogen) atoms. The second-order valence-corrected chi connectivity index (χ2v) is 8.13. The van der Waals surface area contributed by atoms with Gasteiger partial charge in [0.15, 0.2) is 11.0 Å². The summed E-state index contributed by atoms with van der Waals surface area (Å²) < 4.78 is 12.4. The number of hydrazone groups is 1. The number of amides is 1. The van der Waals surface area contributed by atoms with Crippen molar-refractivity contribution in [2.75, 3.05) is 12.9 Å². The Morgan fingerprint density at radius 1 is 1.12 bits per heavy atom. The number of rotatable bonds is 9. The maximum Gasteiger partial charge on any atom is 0.250 e. The van der Waals surface area contributed by atoms with E-state index in [2.05, 4.69) is 20.7 Å². The van der Waals surface area contributed by atoms with Gasteiger partial charge < -0.3 is 9.15 Å². The van der Waals surface area contributed by atoms with Crippen molar-refractivity contribution in [3.05, 3.63) is 84.3 Å². The third-order valence-electron chi connectivity index (χ3n) is 4.70. The first-order chi connectivity index (χ1) is 16.6. The molecule has 2 aromatic heterocycles. The Bertz CT molecular complexity index is 1280. The molecule has 0 aliphatic rings. The van der Waals surface area contributed by atoms with Crippen LogP contribution in [0.3, 0.4) is 0 Å². The van der Waals surface area contributed by atoms with E-state index in [1.54, 1.807) is 19.6 Å². The quantitative estimate of drug-likeness (QED) is 0.212. The first kappa shape index (κ1) is 23.1. The van der Waals surface area contributed by atoms with E-state index < -0.39 is 0 Å². The van der Waals surface area contributed by atoms with Crippen LogP contribution in [-0.2, 0) is 4.79 Å². The molecule has 9 heteroatoms. The van der Waals surface area contributed by atoms with Gasteiger partial charge in [0.25, 0.3) is 5.91 Å². The number of allylic oxidation sites excluding steroid dienone is 1. The summed E-state index contributed by atoms with van der Waals surface area (Å²) in [7, 11) is 1.63. The number of hydrogen-bond donors (Lipinski definition) is 1. The topological polar surface area (TPSA) is 94.5 Å². The van der Waals surface area contributed by atoms with E-state index >= 15 is 0 Å². The average molecular weight is 474 g/mol. The predicted octanol–water partition coefficient (Wildman–Crippen LogP) is 4.83. The number of para-hydroxylation sites is 1. The molecule has 0 atom stereocenters. The molecule has 4 rings (SSSR count). The van der Waals surface area contributed by atoms with Crippen molar-refractivity contribution in [3.8, 4) is 22.8 Å². The van der Waals surface area contributed by atoms with Crippen molar-refractivity contribution in [2.24, 2.45) is 5.10 Å². The Hall–Kier alpha value is -4.11. The number of aromatic nitrogens is 3. The molecule has 0 aliphatic heterocycles. The van der Waals surface area contributed by atoms with Crippen LogP contribution in [0.15, 0.2) is 93.2 Å². The van der Waals surface area contributed by atoms with Crippen LogP contribution in [0.5, 0.6) is 5.75 Å². The lowest BCUT2D eigenvalue weighted by atomic mass is 10.2. The molecule has 4 aromatic rings. The monoisotopic (exact) mass is 473 g/mol. The van der Waals surface area contributed by atoms with Crippen molar-refractivity contribution in [3.63, 3.8) is 0 Å². The third kappa shape index (κ3) is 5.81. The summed E-state index contributed by atoms with van der Waals surface area (Å²) in [6.45, 7) is 1.87. The molecule has 0 spiro atoms. The van der Waals surface area contributed by atoms with E-state index in [0.29, 0.717) is 11.0 Å². The Labute approximate surface area is 201 Å². The van der Waals surface area contributed by atoms with E-state index in [1.165, 1.54) is 11.8 Å². The molecular formula is C25H23N5O3S. The van der Waals surface area contributed by atoms with Crippen LogP contribution in [0.1, 0.15) is 12.7 Å². The van der Waals surface area contributed by atoms with Crippen LogP contribution in [-0.4, -0.2) is 39.7 Å². The zero-order valence-electron chi connectivity index (χ0n) is 18.7. The molecular weight excluding hydrogens is 450 g/mol. The summed E-state index contributed by atoms with van der Waals surface area (Å²) in [5.41, 5.74) is 5.17. The summed E-state index contributed by atoms with van der Waals surface area (Å²) in [5.74, 6) is 2.04. The van der Waals surface area contributed by atoms with Crippen molar-refractivity contribution >= 4 is 30.0 Å². The standard InChI is InChI=1S/C25H23N5O3S/c1-18(15-22-9-6-14-33-22)16-26-27-23(31)17-34-25-29-28-24(19-10-12-21(32-2)13-11-19)30(25)20-7-4-3-5-8-20/h3-16H,17H2,1-2H3,(H,27,31). The molecule has 0 fully saturated rings. The van der Waals surface area contributed by atoms with Gasteiger partial charge in [-0.1, -0.05) is 30.0 Å². The molecule has 1 N–H and O–H groups in total. The largest absolute Gasteiger partial charge is 0.497 e. The van der Waals surface area contributed by atoms with Gasteiger partial charge in [-0.3, -0.25) is 9.36 Å². The minimum atomic E-state index is -0.249. The second kappa shape index (κ2) is 11.2. The maximum absolute atomic E-state index is 12.4. The zero-order valence-corrected chi connectivity index (χ0v) is 19.5. The third-order valence-corrected chi connectivity index (χ3v) is 5.63. The summed E-state index contributed by atoms with van der Waals surface area (Å²) in [4.78, 5) is 12.4. The first-order valence-corrected chi connectivity index (χ1v) is 11.4. The number of furan rings is 1. The number of methoxy groups -OCH3 is 1. The van der Waals surface area contributed by atoms with E-state index in [0.717, 1.165) is 28.3 Å². The molecule has 0 saturated heterocycles. The molecule has 2 aromatic carbocycles. The fourth-order valence-corrected chi connectivity index (χ4v) is 3.85. The van der Waals surface area contributed by atoms with E-state index in [4.69, 9.17) is 9.15 Å². The number of hydrogen-bond acceptors (Lipinski definition) is 7. The number of carbonyl (C=O) groups is 1. The van der Waals surface area contributed by atoms with E-state index in [1.807, 2.05) is 84.3 Å². The highest BCUT2D eigenvalue weighted by molar-refractivity contribution is 7.99. The van der Waals surface area contributed by atoms with Crippen LogP contribution >= 0.6 is 11.8 Å². The van der Waals surface area contributed by atoms with Crippen LogP contribution in [0, 0.1) is 0 Å². The SMILES string of the molecule is COc1ccc(-c2nnc(SCC(=O)NN=CC(C)=Cc3ccco3)n2-c2ccccc2)cc1. The van der Waals surface area contributed by atoms with E-state index in [9.17, 15) is 4.79 Å². The lowest BCUT2D eigenvalue weighted by Gasteiger charge is -2.10. The van der Waals surface area contributed by atoms with Crippen LogP contribution in [0.25, 0.3) is 23.2 Å². The van der Waals surface area contributed by atoms with Crippen molar-refractivity contribution < 1.29 is 13.9 Å². The molecule has 0 radical (unpaired) electrons. The Kier molecular flexibility index (Phi) is 7.56. The molecule has 0 aliphatic carbocycles. The molecule has 0 bridgehead atoms. The smallest absolute Gasteiger partial charge is 0.250 e. The Morgan fingerprint density at radius 2 is 1.91 bits per heavy atom. The molecule has 0 saturated carbocycles. The number of nitrogens with zero attached hydrogens (tertiary/aromatic N) is 4. The van der Waals surface area contributed by atoms with Gasteiger partial charge in [0, 0.05) is 11.3 Å². The normalized spacial score (nSPS) is 11.6. The summed E-state index contributed by atoms with van der Waals surface area (Å²) in [5, 5.41) is 13.3. The molecule has 8 nitrogen and oxygen atoms in total. The van der Waals surface area contributed by atoms with Crippen molar-refractivity contribution in [1.82, 2.24) is 20.2 Å². The highest BCUT2D eigenvalue weighted by atomic mass is 32.2. The highest BCUT2D eigenvalue weighted by Gasteiger charge is 2.17. The fourth-order valence-electron chi connectivity index (χ4n) is 3.10. The number of nitrogens with one attached hydrogen (secondary N) is 1. The van der Waals surface area contributed by atoms with Crippen molar-refractivity contribution in [2.45, 2.75) is 12.1 Å².